The molecule has 42 heavy (non-hydrogen) atoms. The van der Waals surface area contributed by atoms with Crippen molar-refractivity contribution in [1.29, 1.82) is 0 Å². The Hall–Kier alpha value is -3.39. The molecule has 3 aromatic rings. The topological polar surface area (TPSA) is 79.1 Å². The molecule has 11 heteroatoms. The van der Waals surface area contributed by atoms with Crippen molar-refractivity contribution in [2.24, 2.45) is 0 Å². The van der Waals surface area contributed by atoms with E-state index in [1.807, 2.05) is 17.8 Å². The van der Waals surface area contributed by atoms with E-state index in [1.165, 1.54) is 16.5 Å². The highest BCUT2D eigenvalue weighted by Crippen LogP contribution is 2.41. The number of aryl methyl sites for hydroxylation is 1. The van der Waals surface area contributed by atoms with E-state index >= 15 is 0 Å². The molecular formula is C31H34ClN7O2S. The fraction of sp³-hybridized carbons (Fsp3) is 0.452. The Labute approximate surface area is 255 Å². The summed E-state index contributed by atoms with van der Waals surface area (Å²) < 4.78 is 6.22. The van der Waals surface area contributed by atoms with Gasteiger partial charge in [0.2, 0.25) is 12.5 Å². The lowest BCUT2D eigenvalue weighted by Crippen LogP contribution is -2.56. The van der Waals surface area contributed by atoms with E-state index in [0.717, 1.165) is 48.9 Å². The Kier molecular flexibility index (Phi) is 8.52. The molecule has 3 aliphatic rings. The van der Waals surface area contributed by atoms with Crippen molar-refractivity contribution in [3.05, 3.63) is 58.9 Å². The van der Waals surface area contributed by atoms with Gasteiger partial charge in [-0.1, -0.05) is 36.4 Å². The molecule has 0 saturated carbocycles. The van der Waals surface area contributed by atoms with Crippen molar-refractivity contribution in [3.63, 3.8) is 0 Å². The zero-order valence-corrected chi connectivity index (χ0v) is 25.3. The molecule has 0 unspecified atom stereocenters. The Morgan fingerprint density at radius 1 is 1.24 bits per heavy atom. The van der Waals surface area contributed by atoms with Crippen LogP contribution >= 0.6 is 23.4 Å². The fourth-order valence-corrected chi connectivity index (χ4v) is 7.56. The molecule has 5 heterocycles. The normalized spacial score (nSPS) is 20.8. The second-order valence-electron chi connectivity index (χ2n) is 11.0. The van der Waals surface area contributed by atoms with Crippen molar-refractivity contribution in [2.75, 3.05) is 57.0 Å². The summed E-state index contributed by atoms with van der Waals surface area (Å²) in [6.45, 7) is 14.3. The molecule has 3 aliphatic heterocycles. The number of nitrogens with zero attached hydrogens (tertiary/aromatic N) is 7. The number of carbonyl (C=O) groups is 1. The van der Waals surface area contributed by atoms with E-state index in [2.05, 4.69) is 46.5 Å². The van der Waals surface area contributed by atoms with Gasteiger partial charge in [-0.15, -0.1) is 11.8 Å². The van der Waals surface area contributed by atoms with E-state index in [1.54, 1.807) is 4.90 Å². The quantitative estimate of drug-likeness (QED) is 0.276. The number of thioether (sulfide) groups is 1. The van der Waals surface area contributed by atoms with Gasteiger partial charge in [0.15, 0.2) is 5.65 Å². The first-order valence-electron chi connectivity index (χ1n) is 14.4. The van der Waals surface area contributed by atoms with Crippen LogP contribution in [0.3, 0.4) is 0 Å². The molecule has 0 bridgehead atoms. The fourth-order valence-electron chi connectivity index (χ4n) is 6.14. The minimum absolute atomic E-state index is 0.168. The Morgan fingerprint density at radius 3 is 2.90 bits per heavy atom. The summed E-state index contributed by atoms with van der Waals surface area (Å²) >= 11 is 8.82. The number of aromatic nitrogens is 3. The smallest absolute Gasteiger partial charge is 0.320 e. The largest absolute Gasteiger partial charge is 0.462 e. The van der Waals surface area contributed by atoms with Gasteiger partial charge in [0.25, 0.3) is 0 Å². The molecule has 9 nitrogen and oxygen atoms in total. The van der Waals surface area contributed by atoms with Crippen LogP contribution in [0.15, 0.2) is 41.8 Å². The molecule has 6 rings (SSSR count). The highest BCUT2D eigenvalue weighted by Gasteiger charge is 2.33. The minimum Gasteiger partial charge on any atom is -0.462 e. The van der Waals surface area contributed by atoms with Crippen LogP contribution in [-0.4, -0.2) is 94.9 Å². The van der Waals surface area contributed by atoms with Crippen LogP contribution in [0.4, 0.5) is 5.82 Å². The monoisotopic (exact) mass is 603 g/mol. The molecule has 218 valence electrons. The number of fused-ring (bicyclic) bond motifs is 2. The predicted octanol–water partition coefficient (Wildman–Crippen LogP) is 4.98. The van der Waals surface area contributed by atoms with Crippen molar-refractivity contribution in [2.45, 2.75) is 42.7 Å². The third-order valence-electron chi connectivity index (χ3n) is 8.41. The van der Waals surface area contributed by atoms with Gasteiger partial charge in [-0.2, -0.15) is 9.97 Å². The number of amides is 1. The Morgan fingerprint density at radius 2 is 2.12 bits per heavy atom. The Balaban J connectivity index is 1.42. The summed E-state index contributed by atoms with van der Waals surface area (Å²) in [6, 6.07) is 8.53. The number of halogens is 1. The Bertz CT molecular complexity index is 1560. The molecule has 1 amide bonds. The molecule has 2 atom stereocenters. The number of hydrogen-bond donors (Lipinski definition) is 0. The maximum Gasteiger partial charge on any atom is 0.320 e. The zero-order chi connectivity index (χ0) is 29.2. The van der Waals surface area contributed by atoms with Crippen LogP contribution in [0, 0.1) is 6.57 Å². The van der Waals surface area contributed by atoms with E-state index in [0.29, 0.717) is 54.5 Å². The highest BCUT2D eigenvalue weighted by molar-refractivity contribution is 7.99. The number of piperazine rings is 1. The molecule has 0 spiro atoms. The average Bonchev–Trinajstić information content (AvgIpc) is 3.43. The molecular weight excluding hydrogens is 570 g/mol. The molecule has 2 aromatic heterocycles. The van der Waals surface area contributed by atoms with Crippen LogP contribution in [0.2, 0.25) is 5.02 Å². The minimum atomic E-state index is -0.293. The standard InChI is InChI=1S/C31H34ClN7O2S/c1-4-26(40)39-14-13-38(18-22(39)17-33-2)30-24-16-25(32)27(23-11-5-8-20-9-7-15-42-28(20)23)34-29(24)35-31(36-30)41-19-21-10-6-12-37(21)3/h4-5,8,11,16,21-22H,1,6-7,9-10,12-15,17-19H2,3H3/t21-,22-/m0/s1. The molecule has 0 radical (unpaired) electrons. The van der Waals surface area contributed by atoms with Crippen molar-refractivity contribution in [3.8, 4) is 17.3 Å². The summed E-state index contributed by atoms with van der Waals surface area (Å²) in [7, 11) is 2.11. The number of carbonyl (C=O) groups excluding carboxylic acids is 1. The average molecular weight is 604 g/mol. The van der Waals surface area contributed by atoms with Gasteiger partial charge < -0.3 is 24.3 Å². The first-order valence-corrected chi connectivity index (χ1v) is 15.8. The number of rotatable bonds is 7. The number of likely N-dealkylation sites (tertiary alicyclic amines) is 1. The van der Waals surface area contributed by atoms with Crippen LogP contribution in [0.5, 0.6) is 6.01 Å². The molecule has 1 aromatic carbocycles. The van der Waals surface area contributed by atoms with Crippen LogP contribution in [0.1, 0.15) is 24.8 Å². The van der Waals surface area contributed by atoms with Gasteiger partial charge in [-0.3, -0.25) is 4.79 Å². The van der Waals surface area contributed by atoms with Crippen molar-refractivity contribution >= 4 is 46.1 Å². The third kappa shape index (κ3) is 5.65. The summed E-state index contributed by atoms with van der Waals surface area (Å²) in [5, 5.41) is 1.25. The number of pyridine rings is 1. The lowest BCUT2D eigenvalue weighted by molar-refractivity contribution is -0.128. The number of benzene rings is 1. The van der Waals surface area contributed by atoms with Gasteiger partial charge in [0, 0.05) is 36.1 Å². The lowest BCUT2D eigenvalue weighted by Gasteiger charge is -2.39. The summed E-state index contributed by atoms with van der Waals surface area (Å²) in [5.74, 6) is 1.56. The number of anilines is 1. The van der Waals surface area contributed by atoms with Gasteiger partial charge in [0.1, 0.15) is 18.5 Å². The van der Waals surface area contributed by atoms with E-state index in [9.17, 15) is 4.79 Å². The zero-order valence-electron chi connectivity index (χ0n) is 23.8. The lowest BCUT2D eigenvalue weighted by atomic mass is 10.0. The summed E-state index contributed by atoms with van der Waals surface area (Å²) in [6.07, 6.45) is 5.74. The van der Waals surface area contributed by atoms with Gasteiger partial charge in [0.05, 0.1) is 16.1 Å². The molecule has 0 N–H and O–H groups in total. The maximum atomic E-state index is 12.5. The van der Waals surface area contributed by atoms with E-state index < -0.39 is 0 Å². The van der Waals surface area contributed by atoms with Crippen molar-refractivity contribution in [1.82, 2.24) is 24.8 Å². The first-order chi connectivity index (χ1) is 20.5. The summed E-state index contributed by atoms with van der Waals surface area (Å²) in [5.41, 5.74) is 3.56. The van der Waals surface area contributed by atoms with E-state index in [-0.39, 0.29) is 24.5 Å². The van der Waals surface area contributed by atoms with Gasteiger partial charge in [-0.05, 0) is 62.7 Å². The first kappa shape index (κ1) is 28.7. The highest BCUT2D eigenvalue weighted by atomic mass is 35.5. The van der Waals surface area contributed by atoms with Gasteiger partial charge >= 0.3 is 6.01 Å². The van der Waals surface area contributed by atoms with E-state index in [4.69, 9.17) is 37.9 Å². The molecule has 2 saturated heterocycles. The molecule has 2 fully saturated rings. The van der Waals surface area contributed by atoms with Gasteiger partial charge in [-0.25, -0.2) is 11.6 Å². The second-order valence-corrected chi connectivity index (χ2v) is 12.5. The van der Waals surface area contributed by atoms with Crippen molar-refractivity contribution < 1.29 is 9.53 Å². The predicted molar refractivity (Wildman–Crippen MR) is 167 cm³/mol. The summed E-state index contributed by atoms with van der Waals surface area (Å²) in [4.78, 5) is 38.2. The number of ether oxygens (including phenoxy) is 1. The second kappa shape index (κ2) is 12.5. The SMILES string of the molecule is [C-]#[N+]C[C@H]1CN(c2nc(OC[C@@H]3CCCN3C)nc3nc(-c4cccc5c4SCCC5)c(Cl)cc23)CCN1C(=O)C=C. The molecule has 0 aliphatic carbocycles. The van der Waals surface area contributed by atoms with Crippen LogP contribution in [-0.2, 0) is 11.2 Å². The van der Waals surface area contributed by atoms with Crippen LogP contribution < -0.4 is 9.64 Å². The maximum absolute atomic E-state index is 12.5. The third-order valence-corrected chi connectivity index (χ3v) is 9.96. The van der Waals surface area contributed by atoms with Crippen LogP contribution in [0.25, 0.3) is 27.1 Å². The number of likely N-dealkylation sites (N-methyl/N-ethyl adjacent to an activating group) is 1. The number of hydrogen-bond acceptors (Lipinski definition) is 8.